The van der Waals surface area contributed by atoms with Crippen LogP contribution in [0.2, 0.25) is 0 Å². The van der Waals surface area contributed by atoms with Crippen molar-refractivity contribution in [3.05, 3.63) is 79.0 Å². The molecule has 122 valence electrons. The average Bonchev–Trinajstić information content (AvgIpc) is 3.01. The molecule has 26 heavy (non-hydrogen) atoms. The second-order valence-corrected chi connectivity index (χ2v) is 6.41. The zero-order chi connectivity index (χ0) is 17.1. The van der Waals surface area contributed by atoms with Crippen molar-refractivity contribution in [2.24, 2.45) is 0 Å². The first kappa shape index (κ1) is 13.7. The van der Waals surface area contributed by atoms with Gasteiger partial charge in [-0.1, -0.05) is 36.4 Å². The molecule has 0 radical (unpaired) electrons. The van der Waals surface area contributed by atoms with Gasteiger partial charge in [0, 0.05) is 33.7 Å². The third-order valence-electron chi connectivity index (χ3n) is 4.95. The van der Waals surface area contributed by atoms with Crippen molar-refractivity contribution in [1.82, 2.24) is 4.98 Å². The summed E-state index contributed by atoms with van der Waals surface area (Å²) < 4.78 is 12.6. The molecule has 0 saturated heterocycles. The minimum absolute atomic E-state index is 0.748. The van der Waals surface area contributed by atoms with E-state index < -0.39 is 0 Å². The number of hydrogen-bond acceptors (Lipinski definition) is 3. The quantitative estimate of drug-likeness (QED) is 0.321. The van der Waals surface area contributed by atoms with Gasteiger partial charge in [0.15, 0.2) is 11.3 Å². The molecule has 0 atom stereocenters. The van der Waals surface area contributed by atoms with Crippen LogP contribution < -0.4 is 4.74 Å². The van der Waals surface area contributed by atoms with Crippen molar-refractivity contribution >= 4 is 21.9 Å². The third-order valence-corrected chi connectivity index (χ3v) is 4.95. The molecule has 0 aliphatic carbocycles. The molecule has 3 heterocycles. The first-order valence-electron chi connectivity index (χ1n) is 8.57. The molecule has 0 spiro atoms. The smallest absolute Gasteiger partial charge is 0.178 e. The maximum absolute atomic E-state index is 6.39. The lowest BCUT2D eigenvalue weighted by molar-refractivity contribution is 0.481. The summed E-state index contributed by atoms with van der Waals surface area (Å²) in [6, 6.07) is 24.3. The molecule has 6 rings (SSSR count). The second kappa shape index (κ2) is 4.96. The molecule has 0 bridgehead atoms. The summed E-state index contributed by atoms with van der Waals surface area (Å²) in [7, 11) is 0. The maximum Gasteiger partial charge on any atom is 0.178 e. The predicted octanol–water partition coefficient (Wildman–Crippen LogP) is 6.42. The fraction of sp³-hybridized carbons (Fsp3) is 0. The molecule has 1 aliphatic heterocycles. The van der Waals surface area contributed by atoms with Crippen molar-refractivity contribution in [3.8, 4) is 33.9 Å². The van der Waals surface area contributed by atoms with Crippen molar-refractivity contribution in [2.75, 3.05) is 0 Å². The number of furan rings is 1. The fourth-order valence-corrected chi connectivity index (χ4v) is 3.78. The van der Waals surface area contributed by atoms with Crippen LogP contribution in [0.15, 0.2) is 83.4 Å². The SMILES string of the molecule is c1ccc2c(c1)Oc1c(ccc3c1oc1ccccc13)-c1cccnc1-2. The van der Waals surface area contributed by atoms with E-state index >= 15 is 0 Å². The molecule has 0 saturated carbocycles. The number of nitrogens with zero attached hydrogens (tertiary/aromatic N) is 1. The van der Waals surface area contributed by atoms with Crippen LogP contribution in [0.25, 0.3) is 44.3 Å². The zero-order valence-electron chi connectivity index (χ0n) is 13.8. The molecule has 0 fully saturated rings. The van der Waals surface area contributed by atoms with Gasteiger partial charge in [0.2, 0.25) is 0 Å². The third kappa shape index (κ3) is 1.74. The van der Waals surface area contributed by atoms with Gasteiger partial charge in [0.25, 0.3) is 0 Å². The molecule has 3 nitrogen and oxygen atoms in total. The highest BCUT2D eigenvalue weighted by molar-refractivity contribution is 6.09. The van der Waals surface area contributed by atoms with E-state index in [-0.39, 0.29) is 0 Å². The molecular weight excluding hydrogens is 322 g/mol. The van der Waals surface area contributed by atoms with Gasteiger partial charge < -0.3 is 9.15 Å². The Kier molecular flexibility index (Phi) is 2.61. The molecule has 0 amide bonds. The monoisotopic (exact) mass is 335 g/mol. The summed E-state index contributed by atoms with van der Waals surface area (Å²) in [5, 5.41) is 2.15. The molecule has 0 unspecified atom stereocenters. The molecule has 3 heteroatoms. The Hall–Kier alpha value is -3.59. The summed E-state index contributed by atoms with van der Waals surface area (Å²) in [5.74, 6) is 1.54. The van der Waals surface area contributed by atoms with E-state index in [2.05, 4.69) is 29.2 Å². The van der Waals surface area contributed by atoms with Gasteiger partial charge in [0.05, 0.1) is 5.69 Å². The molecule has 2 aromatic heterocycles. The first-order chi connectivity index (χ1) is 12.9. The van der Waals surface area contributed by atoms with Crippen molar-refractivity contribution in [2.45, 2.75) is 0 Å². The van der Waals surface area contributed by atoms with Crippen LogP contribution in [-0.2, 0) is 0 Å². The Morgan fingerprint density at radius 1 is 0.654 bits per heavy atom. The number of hydrogen-bond donors (Lipinski definition) is 0. The fourth-order valence-electron chi connectivity index (χ4n) is 3.78. The lowest BCUT2D eigenvalue weighted by Crippen LogP contribution is -1.86. The highest BCUT2D eigenvalue weighted by Gasteiger charge is 2.25. The Bertz CT molecular complexity index is 1320. The maximum atomic E-state index is 6.39. The largest absolute Gasteiger partial charge is 0.452 e. The van der Waals surface area contributed by atoms with Gasteiger partial charge in [-0.25, -0.2) is 0 Å². The lowest BCUT2D eigenvalue weighted by atomic mass is 9.98. The van der Waals surface area contributed by atoms with E-state index in [9.17, 15) is 0 Å². The van der Waals surface area contributed by atoms with Crippen LogP contribution >= 0.6 is 0 Å². The molecule has 1 aliphatic rings. The summed E-state index contributed by atoms with van der Waals surface area (Å²) in [5.41, 5.74) is 5.60. The normalized spacial score (nSPS) is 12.2. The van der Waals surface area contributed by atoms with Gasteiger partial charge in [-0.15, -0.1) is 0 Å². The highest BCUT2D eigenvalue weighted by atomic mass is 16.5. The van der Waals surface area contributed by atoms with E-state index in [4.69, 9.17) is 9.15 Å². The van der Waals surface area contributed by atoms with Crippen molar-refractivity contribution in [3.63, 3.8) is 0 Å². The number of rotatable bonds is 0. The van der Waals surface area contributed by atoms with E-state index in [1.54, 1.807) is 0 Å². The number of para-hydroxylation sites is 2. The lowest BCUT2D eigenvalue weighted by Gasteiger charge is -2.09. The number of aromatic nitrogens is 1. The van der Waals surface area contributed by atoms with Crippen LogP contribution in [0.1, 0.15) is 0 Å². The van der Waals surface area contributed by atoms with Gasteiger partial charge >= 0.3 is 0 Å². The Morgan fingerprint density at radius 2 is 1.50 bits per heavy atom. The molecule has 3 aromatic carbocycles. The minimum Gasteiger partial charge on any atom is -0.452 e. The topological polar surface area (TPSA) is 35.3 Å². The zero-order valence-corrected chi connectivity index (χ0v) is 13.8. The standard InChI is InChI=1S/C23H13NO2/c1-3-9-19-14(6-1)16-11-12-17-15-8-5-13-24-21(15)18-7-2-4-10-20(18)26-23(17)22(16)25-19/h1-13H. The number of fused-ring (bicyclic) bond motifs is 9. The van der Waals surface area contributed by atoms with E-state index in [0.29, 0.717) is 0 Å². The summed E-state index contributed by atoms with van der Waals surface area (Å²) in [4.78, 5) is 4.63. The van der Waals surface area contributed by atoms with Gasteiger partial charge in [-0.05, 0) is 36.4 Å². The number of ether oxygens (including phenoxy) is 1. The van der Waals surface area contributed by atoms with Crippen LogP contribution in [0, 0.1) is 0 Å². The average molecular weight is 335 g/mol. The van der Waals surface area contributed by atoms with Crippen LogP contribution in [-0.4, -0.2) is 4.98 Å². The highest BCUT2D eigenvalue weighted by Crippen LogP contribution is 2.49. The molecule has 5 aromatic rings. The van der Waals surface area contributed by atoms with Crippen molar-refractivity contribution in [1.29, 1.82) is 0 Å². The van der Waals surface area contributed by atoms with Crippen LogP contribution in [0.5, 0.6) is 11.5 Å². The van der Waals surface area contributed by atoms with Gasteiger partial charge in [-0.3, -0.25) is 4.98 Å². The van der Waals surface area contributed by atoms with E-state index in [0.717, 1.165) is 55.8 Å². The van der Waals surface area contributed by atoms with Crippen LogP contribution in [0.3, 0.4) is 0 Å². The van der Waals surface area contributed by atoms with E-state index in [1.165, 1.54) is 0 Å². The Labute approximate surface area is 149 Å². The summed E-state index contributed by atoms with van der Waals surface area (Å²) in [6.07, 6.45) is 1.82. The molecular formula is C23H13NO2. The van der Waals surface area contributed by atoms with E-state index in [1.807, 2.05) is 54.7 Å². The molecule has 0 N–H and O–H groups in total. The minimum atomic E-state index is 0.748. The Morgan fingerprint density at radius 3 is 2.50 bits per heavy atom. The second-order valence-electron chi connectivity index (χ2n) is 6.41. The van der Waals surface area contributed by atoms with Crippen LogP contribution in [0.4, 0.5) is 0 Å². The number of pyridine rings is 1. The van der Waals surface area contributed by atoms with Crippen molar-refractivity contribution < 1.29 is 9.15 Å². The predicted molar refractivity (Wildman–Crippen MR) is 102 cm³/mol. The summed E-state index contributed by atoms with van der Waals surface area (Å²) >= 11 is 0. The first-order valence-corrected chi connectivity index (χ1v) is 8.57. The van der Waals surface area contributed by atoms with Gasteiger partial charge in [-0.2, -0.15) is 0 Å². The number of benzene rings is 3. The summed E-state index contributed by atoms with van der Waals surface area (Å²) in [6.45, 7) is 0. The Balaban J connectivity index is 1.79. The van der Waals surface area contributed by atoms with Gasteiger partial charge in [0.1, 0.15) is 11.3 Å².